The highest BCUT2D eigenvalue weighted by Crippen LogP contribution is 2.29. The Balaban J connectivity index is 1.61. The maximum atomic E-state index is 12.7. The minimum Gasteiger partial charge on any atom is -0.493 e. The first-order valence-corrected chi connectivity index (χ1v) is 12.6. The highest BCUT2D eigenvalue weighted by atomic mass is 32.2. The number of nitrogens with one attached hydrogen (secondary N) is 2. The number of hydrogen-bond donors (Lipinski definition) is 2. The van der Waals surface area contributed by atoms with Gasteiger partial charge in [0.05, 0.1) is 19.5 Å². The predicted molar refractivity (Wildman–Crippen MR) is 134 cm³/mol. The number of carbonyl (C=O) groups is 2. The van der Waals surface area contributed by atoms with Crippen LogP contribution in [0.4, 0.5) is 10.8 Å². The second-order valence-electron chi connectivity index (χ2n) is 6.62. The molecule has 2 N–H and O–H groups in total. The van der Waals surface area contributed by atoms with E-state index < -0.39 is 0 Å². The van der Waals surface area contributed by atoms with Gasteiger partial charge in [-0.1, -0.05) is 24.8 Å². The van der Waals surface area contributed by atoms with Crippen LogP contribution >= 0.6 is 35.1 Å². The Labute approximate surface area is 205 Å². The molecule has 8 nitrogen and oxygen atoms in total. The third-order valence-electron chi connectivity index (χ3n) is 4.33. The van der Waals surface area contributed by atoms with E-state index in [9.17, 15) is 9.59 Å². The van der Waals surface area contributed by atoms with E-state index in [1.54, 1.807) is 31.4 Å². The highest BCUT2D eigenvalue weighted by molar-refractivity contribution is 8.00. The van der Waals surface area contributed by atoms with E-state index in [4.69, 9.17) is 9.47 Å². The Bertz CT molecular complexity index is 1120. The summed E-state index contributed by atoms with van der Waals surface area (Å²) in [6.45, 7) is 3.84. The molecule has 2 amide bonds. The quantitative estimate of drug-likeness (QED) is 0.370. The average molecular weight is 505 g/mol. The van der Waals surface area contributed by atoms with E-state index in [1.165, 1.54) is 42.2 Å². The SMILES string of the molecule is CCSc1nsc(NC(=O)C(C)Sc2cccc(NC(=O)c3ccc(OC)c(OC)c3)c2)n1. The van der Waals surface area contributed by atoms with Crippen LogP contribution in [0.25, 0.3) is 0 Å². The standard InChI is InChI=1S/C22H24N4O4S3/c1-5-31-22-25-21(33-26-22)24-19(27)13(2)32-16-8-6-7-15(12-16)23-20(28)14-9-10-17(29-3)18(11-14)30-4/h6-13H,5H2,1-4H3,(H,23,28)(H,24,25,26,27). The number of methoxy groups -OCH3 is 2. The number of hydrogen-bond acceptors (Lipinski definition) is 9. The summed E-state index contributed by atoms with van der Waals surface area (Å²) in [5, 5.41) is 6.47. The molecule has 0 saturated carbocycles. The van der Waals surface area contributed by atoms with Gasteiger partial charge in [0.25, 0.3) is 5.91 Å². The van der Waals surface area contributed by atoms with Gasteiger partial charge in [-0.3, -0.25) is 14.9 Å². The number of nitrogens with zero attached hydrogens (tertiary/aromatic N) is 2. The van der Waals surface area contributed by atoms with E-state index in [0.717, 1.165) is 10.6 Å². The van der Waals surface area contributed by atoms with Crippen LogP contribution in [0.1, 0.15) is 24.2 Å². The molecule has 0 spiro atoms. The molecule has 0 aliphatic heterocycles. The number of benzene rings is 2. The summed E-state index contributed by atoms with van der Waals surface area (Å²) in [5.74, 6) is 1.46. The van der Waals surface area contributed by atoms with E-state index in [-0.39, 0.29) is 17.1 Å². The Morgan fingerprint density at radius 3 is 2.61 bits per heavy atom. The summed E-state index contributed by atoms with van der Waals surface area (Å²) in [5.41, 5.74) is 1.06. The minimum absolute atomic E-state index is 0.163. The Kier molecular flexibility index (Phi) is 8.98. The number of carbonyl (C=O) groups excluding carboxylic acids is 2. The number of amides is 2. The lowest BCUT2D eigenvalue weighted by molar-refractivity contribution is -0.115. The van der Waals surface area contributed by atoms with Gasteiger partial charge in [0.15, 0.2) is 11.5 Å². The minimum atomic E-state index is -0.368. The van der Waals surface area contributed by atoms with Crippen molar-refractivity contribution >= 4 is 57.7 Å². The summed E-state index contributed by atoms with van der Waals surface area (Å²) >= 11 is 4.08. The fourth-order valence-electron chi connectivity index (χ4n) is 2.74. The normalized spacial score (nSPS) is 11.5. The molecule has 0 bridgehead atoms. The molecule has 1 unspecified atom stereocenters. The van der Waals surface area contributed by atoms with Crippen molar-refractivity contribution in [1.82, 2.24) is 9.36 Å². The Morgan fingerprint density at radius 1 is 1.09 bits per heavy atom. The molecule has 1 atom stereocenters. The largest absolute Gasteiger partial charge is 0.493 e. The Hall–Kier alpha value is -2.76. The molecule has 2 aromatic carbocycles. The van der Waals surface area contributed by atoms with Crippen LogP contribution in [0.5, 0.6) is 11.5 Å². The molecule has 0 fully saturated rings. The summed E-state index contributed by atoms with van der Waals surface area (Å²) in [7, 11) is 3.06. The van der Waals surface area contributed by atoms with Gasteiger partial charge in [-0.2, -0.15) is 9.36 Å². The molecular weight excluding hydrogens is 480 g/mol. The molecule has 174 valence electrons. The molecule has 11 heteroatoms. The molecule has 1 aromatic heterocycles. The maximum Gasteiger partial charge on any atom is 0.255 e. The van der Waals surface area contributed by atoms with Gasteiger partial charge in [0, 0.05) is 27.7 Å². The van der Waals surface area contributed by atoms with Crippen LogP contribution in [-0.4, -0.2) is 46.4 Å². The first kappa shape index (κ1) is 24.9. The second kappa shape index (κ2) is 11.9. The summed E-state index contributed by atoms with van der Waals surface area (Å²) in [6, 6.07) is 12.3. The topological polar surface area (TPSA) is 102 Å². The van der Waals surface area contributed by atoms with Crippen LogP contribution in [0.15, 0.2) is 52.5 Å². The fourth-order valence-corrected chi connectivity index (χ4v) is 4.94. The van der Waals surface area contributed by atoms with E-state index in [1.807, 2.05) is 32.0 Å². The monoisotopic (exact) mass is 504 g/mol. The van der Waals surface area contributed by atoms with Crippen LogP contribution in [0.3, 0.4) is 0 Å². The highest BCUT2D eigenvalue weighted by Gasteiger charge is 2.17. The van der Waals surface area contributed by atoms with Gasteiger partial charge >= 0.3 is 0 Å². The van der Waals surface area contributed by atoms with Gasteiger partial charge in [0.1, 0.15) is 0 Å². The van der Waals surface area contributed by atoms with Crippen molar-refractivity contribution in [3.8, 4) is 11.5 Å². The average Bonchev–Trinajstić information content (AvgIpc) is 3.25. The van der Waals surface area contributed by atoms with Crippen LogP contribution in [0.2, 0.25) is 0 Å². The first-order valence-electron chi connectivity index (χ1n) is 10.0. The molecule has 3 rings (SSSR count). The van der Waals surface area contributed by atoms with Crippen molar-refractivity contribution in [2.45, 2.75) is 29.1 Å². The molecule has 0 aliphatic rings. The zero-order chi connectivity index (χ0) is 23.8. The van der Waals surface area contributed by atoms with Gasteiger partial charge < -0.3 is 14.8 Å². The lowest BCUT2D eigenvalue weighted by Gasteiger charge is -2.12. The molecule has 0 saturated heterocycles. The molecule has 0 radical (unpaired) electrons. The summed E-state index contributed by atoms with van der Waals surface area (Å²) in [6.07, 6.45) is 0. The van der Waals surface area contributed by atoms with Gasteiger partial charge in [-0.15, -0.1) is 11.8 Å². The van der Waals surface area contributed by atoms with Crippen LogP contribution in [0, 0.1) is 0 Å². The number of rotatable bonds is 10. The van der Waals surface area contributed by atoms with E-state index in [0.29, 0.717) is 33.0 Å². The molecule has 1 heterocycles. The van der Waals surface area contributed by atoms with E-state index >= 15 is 0 Å². The molecular formula is C22H24N4O4S3. The van der Waals surface area contributed by atoms with Crippen LogP contribution in [-0.2, 0) is 4.79 Å². The third-order valence-corrected chi connectivity index (χ3v) is 6.90. The smallest absolute Gasteiger partial charge is 0.255 e. The summed E-state index contributed by atoms with van der Waals surface area (Å²) < 4.78 is 14.7. The van der Waals surface area contributed by atoms with Gasteiger partial charge in [-0.05, 0) is 49.1 Å². The van der Waals surface area contributed by atoms with Gasteiger partial charge in [-0.25, -0.2) is 0 Å². The number of ether oxygens (including phenoxy) is 2. The van der Waals surface area contributed by atoms with Crippen LogP contribution < -0.4 is 20.1 Å². The second-order valence-corrected chi connectivity index (χ2v) is 10.0. The van der Waals surface area contributed by atoms with Crippen molar-refractivity contribution < 1.29 is 19.1 Å². The lowest BCUT2D eigenvalue weighted by atomic mass is 10.2. The number of aromatic nitrogens is 2. The zero-order valence-electron chi connectivity index (χ0n) is 18.6. The summed E-state index contributed by atoms with van der Waals surface area (Å²) in [4.78, 5) is 30.4. The number of thioether (sulfide) groups is 2. The lowest BCUT2D eigenvalue weighted by Crippen LogP contribution is -2.22. The predicted octanol–water partition coefficient (Wildman–Crippen LogP) is 5.04. The zero-order valence-corrected chi connectivity index (χ0v) is 21.0. The number of anilines is 2. The van der Waals surface area contributed by atoms with Crippen molar-refractivity contribution in [2.75, 3.05) is 30.6 Å². The van der Waals surface area contributed by atoms with Crippen molar-refractivity contribution in [2.24, 2.45) is 0 Å². The molecule has 3 aromatic rings. The maximum absolute atomic E-state index is 12.7. The van der Waals surface area contributed by atoms with Crippen molar-refractivity contribution in [3.63, 3.8) is 0 Å². The van der Waals surface area contributed by atoms with Crippen molar-refractivity contribution in [3.05, 3.63) is 48.0 Å². The van der Waals surface area contributed by atoms with Gasteiger partial charge in [0.2, 0.25) is 16.2 Å². The Morgan fingerprint density at radius 2 is 1.88 bits per heavy atom. The molecule has 33 heavy (non-hydrogen) atoms. The van der Waals surface area contributed by atoms with Crippen molar-refractivity contribution in [1.29, 1.82) is 0 Å². The molecule has 0 aliphatic carbocycles. The fraction of sp³-hybridized carbons (Fsp3) is 0.273. The first-order chi connectivity index (χ1) is 15.9. The van der Waals surface area contributed by atoms with E-state index in [2.05, 4.69) is 20.0 Å². The third kappa shape index (κ3) is 6.86.